The Kier molecular flexibility index (Phi) is 9.03. The maximum atomic E-state index is 12.6. The number of methoxy groups -OCH3 is 1. The number of unbranched alkanes of at least 4 members (excludes halogenated alkanes) is 4. The number of nitrogens with zero attached hydrogens (tertiary/aromatic N) is 1. The summed E-state index contributed by atoms with van der Waals surface area (Å²) in [6.07, 6.45) is 7.22. The normalized spacial score (nSPS) is 21.1. The molecule has 1 aliphatic carbocycles. The summed E-state index contributed by atoms with van der Waals surface area (Å²) in [4.78, 5) is 29.5. The first-order valence-electron chi connectivity index (χ1n) is 9.87. The third kappa shape index (κ3) is 5.68. The molecule has 26 heavy (non-hydrogen) atoms. The predicted molar refractivity (Wildman–Crippen MR) is 105 cm³/mol. The minimum atomic E-state index is -0.827. The standard InChI is InChI=1S/C21H35NO4/c1-6-8-9-10-11-13-22-15-14-21(3,4)18(20(25)26-5)19(24)17(15)16(23)12-7-2/h18,24H,6-14H2,1-5H3/t18-/m0/s1. The second kappa shape index (κ2) is 10.5. The molecule has 1 aliphatic rings. The number of esters is 1. The van der Waals surface area contributed by atoms with Crippen molar-refractivity contribution in [2.45, 2.75) is 79.1 Å². The van der Waals surface area contributed by atoms with Gasteiger partial charge >= 0.3 is 5.97 Å². The highest BCUT2D eigenvalue weighted by molar-refractivity contribution is 6.24. The fourth-order valence-electron chi connectivity index (χ4n) is 3.55. The van der Waals surface area contributed by atoms with Gasteiger partial charge in [0.15, 0.2) is 5.78 Å². The van der Waals surface area contributed by atoms with E-state index >= 15 is 0 Å². The molecule has 1 atom stereocenters. The number of carbonyl (C=O) groups is 2. The van der Waals surface area contributed by atoms with Crippen molar-refractivity contribution >= 4 is 17.5 Å². The van der Waals surface area contributed by atoms with Gasteiger partial charge in [-0.25, -0.2) is 0 Å². The number of hydrogen-bond acceptors (Lipinski definition) is 5. The molecule has 0 amide bonds. The summed E-state index contributed by atoms with van der Waals surface area (Å²) in [5.41, 5.74) is 0.338. The Hall–Kier alpha value is -1.65. The van der Waals surface area contributed by atoms with Crippen LogP contribution >= 0.6 is 0 Å². The maximum Gasteiger partial charge on any atom is 0.316 e. The van der Waals surface area contributed by atoms with Crippen LogP contribution in [0.25, 0.3) is 0 Å². The van der Waals surface area contributed by atoms with Gasteiger partial charge in [0.2, 0.25) is 0 Å². The summed E-state index contributed by atoms with van der Waals surface area (Å²) in [6, 6.07) is 0. The predicted octanol–water partition coefficient (Wildman–Crippen LogP) is 4.80. The van der Waals surface area contributed by atoms with Gasteiger partial charge in [-0.3, -0.25) is 14.6 Å². The molecule has 1 rings (SSSR count). The Morgan fingerprint density at radius 3 is 2.38 bits per heavy atom. The number of carbonyl (C=O) groups excluding carboxylic acids is 2. The average Bonchev–Trinajstić information content (AvgIpc) is 2.56. The van der Waals surface area contributed by atoms with E-state index in [0.29, 0.717) is 31.5 Å². The van der Waals surface area contributed by atoms with E-state index in [1.807, 2.05) is 20.8 Å². The largest absolute Gasteiger partial charge is 0.511 e. The monoisotopic (exact) mass is 365 g/mol. The van der Waals surface area contributed by atoms with Crippen LogP contribution in [0.4, 0.5) is 0 Å². The molecule has 0 spiro atoms. The molecule has 0 heterocycles. The van der Waals surface area contributed by atoms with Gasteiger partial charge in [0.05, 0.1) is 12.7 Å². The van der Waals surface area contributed by atoms with Gasteiger partial charge in [0.1, 0.15) is 11.7 Å². The van der Waals surface area contributed by atoms with E-state index in [4.69, 9.17) is 4.74 Å². The minimum absolute atomic E-state index is 0.140. The van der Waals surface area contributed by atoms with Crippen LogP contribution in [0.1, 0.15) is 79.1 Å². The molecule has 0 radical (unpaired) electrons. The summed E-state index contributed by atoms with van der Waals surface area (Å²) < 4.78 is 4.87. The lowest BCUT2D eigenvalue weighted by Gasteiger charge is -2.37. The van der Waals surface area contributed by atoms with Crippen molar-refractivity contribution in [2.75, 3.05) is 13.7 Å². The number of rotatable bonds is 10. The number of ether oxygens (including phenoxy) is 1. The van der Waals surface area contributed by atoms with Crippen molar-refractivity contribution in [1.29, 1.82) is 0 Å². The van der Waals surface area contributed by atoms with Crippen LogP contribution in [0.3, 0.4) is 0 Å². The Bertz CT molecular complexity index is 560. The molecule has 0 unspecified atom stereocenters. The van der Waals surface area contributed by atoms with E-state index in [9.17, 15) is 14.7 Å². The molecule has 0 fully saturated rings. The lowest BCUT2D eigenvalue weighted by atomic mass is 9.67. The second-order valence-corrected chi connectivity index (χ2v) is 7.80. The Morgan fingerprint density at radius 1 is 1.15 bits per heavy atom. The number of Topliss-reactive ketones (excluding diaryl/α,β-unsaturated/α-hetero) is 1. The topological polar surface area (TPSA) is 76.0 Å². The average molecular weight is 366 g/mol. The number of aliphatic imine (C=N–C) groups is 1. The van der Waals surface area contributed by atoms with Gasteiger partial charge < -0.3 is 9.84 Å². The van der Waals surface area contributed by atoms with Crippen molar-refractivity contribution in [3.63, 3.8) is 0 Å². The summed E-state index contributed by atoms with van der Waals surface area (Å²) >= 11 is 0. The molecule has 5 nitrogen and oxygen atoms in total. The van der Waals surface area contributed by atoms with Crippen LogP contribution in [0.5, 0.6) is 0 Å². The summed E-state index contributed by atoms with van der Waals surface area (Å²) in [5.74, 6) is -1.64. The number of aliphatic hydroxyl groups excluding tert-OH is 1. The van der Waals surface area contributed by atoms with Crippen LogP contribution < -0.4 is 0 Å². The molecular weight excluding hydrogens is 330 g/mol. The van der Waals surface area contributed by atoms with Gasteiger partial charge in [-0.05, 0) is 24.7 Å². The second-order valence-electron chi connectivity index (χ2n) is 7.80. The first kappa shape index (κ1) is 22.4. The molecule has 0 bridgehead atoms. The van der Waals surface area contributed by atoms with E-state index in [-0.39, 0.29) is 17.1 Å². The molecule has 0 aromatic rings. The van der Waals surface area contributed by atoms with Gasteiger partial charge in [0, 0.05) is 18.7 Å². The van der Waals surface area contributed by atoms with E-state index < -0.39 is 17.3 Å². The van der Waals surface area contributed by atoms with Crippen LogP contribution in [-0.2, 0) is 14.3 Å². The molecule has 0 saturated heterocycles. The molecule has 0 saturated carbocycles. The third-order valence-corrected chi connectivity index (χ3v) is 4.98. The van der Waals surface area contributed by atoms with E-state index in [2.05, 4.69) is 11.9 Å². The van der Waals surface area contributed by atoms with E-state index in [1.54, 1.807) is 0 Å². The highest BCUT2D eigenvalue weighted by atomic mass is 16.5. The van der Waals surface area contributed by atoms with Crippen molar-refractivity contribution in [2.24, 2.45) is 16.3 Å². The van der Waals surface area contributed by atoms with Gasteiger partial charge in [-0.1, -0.05) is 53.4 Å². The molecule has 0 aromatic carbocycles. The van der Waals surface area contributed by atoms with Gasteiger partial charge in [0.25, 0.3) is 0 Å². The van der Waals surface area contributed by atoms with Crippen LogP contribution in [0.2, 0.25) is 0 Å². The Labute approximate surface area is 157 Å². The fraction of sp³-hybridized carbons (Fsp3) is 0.762. The highest BCUT2D eigenvalue weighted by Gasteiger charge is 2.47. The number of aliphatic hydroxyl groups is 1. The zero-order valence-electron chi connectivity index (χ0n) is 17.1. The van der Waals surface area contributed by atoms with Crippen molar-refractivity contribution < 1.29 is 19.4 Å². The Balaban J connectivity index is 3.12. The number of ketones is 1. The maximum absolute atomic E-state index is 12.6. The zero-order valence-corrected chi connectivity index (χ0v) is 17.1. The smallest absolute Gasteiger partial charge is 0.316 e. The van der Waals surface area contributed by atoms with Crippen LogP contribution in [0.15, 0.2) is 16.3 Å². The summed E-state index contributed by atoms with van der Waals surface area (Å²) in [7, 11) is 1.30. The van der Waals surface area contributed by atoms with E-state index in [0.717, 1.165) is 12.8 Å². The summed E-state index contributed by atoms with van der Waals surface area (Å²) in [5, 5.41) is 10.8. The van der Waals surface area contributed by atoms with Crippen LogP contribution in [0, 0.1) is 11.3 Å². The highest BCUT2D eigenvalue weighted by Crippen LogP contribution is 2.43. The van der Waals surface area contributed by atoms with Gasteiger partial charge in [-0.2, -0.15) is 0 Å². The van der Waals surface area contributed by atoms with Crippen LogP contribution in [-0.4, -0.2) is 36.2 Å². The van der Waals surface area contributed by atoms with Crippen molar-refractivity contribution in [3.8, 4) is 0 Å². The van der Waals surface area contributed by atoms with E-state index in [1.165, 1.54) is 26.4 Å². The first-order chi connectivity index (χ1) is 12.3. The fourth-order valence-corrected chi connectivity index (χ4v) is 3.55. The van der Waals surface area contributed by atoms with Crippen molar-refractivity contribution in [1.82, 2.24) is 0 Å². The summed E-state index contributed by atoms with van der Waals surface area (Å²) in [6.45, 7) is 8.56. The zero-order chi connectivity index (χ0) is 19.7. The first-order valence-corrected chi connectivity index (χ1v) is 9.87. The quantitative estimate of drug-likeness (QED) is 0.446. The minimum Gasteiger partial charge on any atom is -0.511 e. The molecule has 0 aromatic heterocycles. The lowest BCUT2D eigenvalue weighted by Crippen LogP contribution is -2.42. The third-order valence-electron chi connectivity index (χ3n) is 4.98. The number of allylic oxidation sites excluding steroid dienone is 1. The Morgan fingerprint density at radius 2 is 1.81 bits per heavy atom. The van der Waals surface area contributed by atoms with Gasteiger partial charge in [-0.15, -0.1) is 0 Å². The molecule has 0 aliphatic heterocycles. The molecule has 1 N–H and O–H groups in total. The lowest BCUT2D eigenvalue weighted by molar-refractivity contribution is -0.149. The number of hydrogen-bond donors (Lipinski definition) is 1. The molecule has 148 valence electrons. The molecular formula is C21H35NO4. The molecule has 5 heteroatoms. The SMILES string of the molecule is CCCCCCCN=C1CC(C)(C)[C@H](C(=O)OC)C(O)=C1C(=O)CCC. The van der Waals surface area contributed by atoms with Crippen molar-refractivity contribution in [3.05, 3.63) is 11.3 Å².